The van der Waals surface area contributed by atoms with E-state index >= 15 is 0 Å². The zero-order valence-electron chi connectivity index (χ0n) is 10.3. The maximum Gasteiger partial charge on any atom is 0.293 e. The molecule has 0 aliphatic heterocycles. The average molecular weight is 258 g/mol. The van der Waals surface area contributed by atoms with Crippen LogP contribution in [0.2, 0.25) is 0 Å². The lowest BCUT2D eigenvalue weighted by Crippen LogP contribution is -2.31. The predicted octanol–water partition coefficient (Wildman–Crippen LogP) is 0.589. The fourth-order valence-electron chi connectivity index (χ4n) is 2.46. The van der Waals surface area contributed by atoms with Gasteiger partial charge in [0.25, 0.3) is 11.7 Å². The number of carbonyl (C=O) groups excluding carboxylic acids is 1. The Labute approximate surface area is 109 Å². The number of nitrogens with one attached hydrogen (secondary N) is 2. The SMILES string of the molecule is Nc1ccc2c(c1)CCCC2NC(=O)c1nn[nH]n1. The number of nitrogens with two attached hydrogens (primary N) is 1. The van der Waals surface area contributed by atoms with Crippen molar-refractivity contribution < 1.29 is 4.79 Å². The van der Waals surface area contributed by atoms with Crippen molar-refractivity contribution in [3.8, 4) is 0 Å². The number of aromatic amines is 1. The maximum atomic E-state index is 11.9. The fourth-order valence-corrected chi connectivity index (χ4v) is 2.46. The third-order valence-corrected chi connectivity index (χ3v) is 3.34. The second kappa shape index (κ2) is 4.68. The van der Waals surface area contributed by atoms with E-state index in [1.165, 1.54) is 5.56 Å². The summed E-state index contributed by atoms with van der Waals surface area (Å²) in [5.41, 5.74) is 8.86. The lowest BCUT2D eigenvalue weighted by molar-refractivity contribution is 0.0922. The molecular formula is C12H14N6O. The van der Waals surface area contributed by atoms with E-state index in [1.807, 2.05) is 18.2 Å². The molecule has 1 atom stereocenters. The summed E-state index contributed by atoms with van der Waals surface area (Å²) in [6, 6.07) is 5.79. The highest BCUT2D eigenvalue weighted by Gasteiger charge is 2.23. The monoisotopic (exact) mass is 258 g/mol. The Bertz CT molecular complexity index is 594. The number of carbonyl (C=O) groups is 1. The third-order valence-electron chi connectivity index (χ3n) is 3.34. The van der Waals surface area contributed by atoms with Crippen LogP contribution in [0.25, 0.3) is 0 Å². The Kier molecular flexibility index (Phi) is 2.86. The minimum atomic E-state index is -0.316. The molecule has 1 aromatic heterocycles. The molecule has 0 saturated heterocycles. The molecule has 7 nitrogen and oxygen atoms in total. The van der Waals surface area contributed by atoms with E-state index in [4.69, 9.17) is 5.73 Å². The van der Waals surface area contributed by atoms with Crippen molar-refractivity contribution in [3.63, 3.8) is 0 Å². The molecule has 1 aliphatic carbocycles. The maximum absolute atomic E-state index is 11.9. The van der Waals surface area contributed by atoms with E-state index in [-0.39, 0.29) is 17.8 Å². The van der Waals surface area contributed by atoms with Gasteiger partial charge in [-0.15, -0.1) is 10.2 Å². The van der Waals surface area contributed by atoms with Crippen LogP contribution in [0.5, 0.6) is 0 Å². The Morgan fingerprint density at radius 2 is 2.37 bits per heavy atom. The minimum Gasteiger partial charge on any atom is -0.399 e. The van der Waals surface area contributed by atoms with Gasteiger partial charge < -0.3 is 11.1 Å². The molecule has 4 N–H and O–H groups in total. The quantitative estimate of drug-likeness (QED) is 0.683. The molecule has 1 aliphatic rings. The predicted molar refractivity (Wildman–Crippen MR) is 68.2 cm³/mol. The number of hydrogen-bond donors (Lipinski definition) is 3. The topological polar surface area (TPSA) is 110 Å². The Morgan fingerprint density at radius 1 is 1.47 bits per heavy atom. The summed E-state index contributed by atoms with van der Waals surface area (Å²) in [6.07, 6.45) is 2.92. The number of nitrogen functional groups attached to an aromatic ring is 1. The second-order valence-electron chi connectivity index (χ2n) is 4.61. The van der Waals surface area contributed by atoms with Gasteiger partial charge in [-0.3, -0.25) is 4.79 Å². The summed E-state index contributed by atoms with van der Waals surface area (Å²) in [4.78, 5) is 11.9. The van der Waals surface area contributed by atoms with E-state index in [0.717, 1.165) is 30.5 Å². The first-order valence-electron chi connectivity index (χ1n) is 6.16. The number of tetrazole rings is 1. The molecular weight excluding hydrogens is 244 g/mol. The molecule has 19 heavy (non-hydrogen) atoms. The highest BCUT2D eigenvalue weighted by molar-refractivity contribution is 5.90. The van der Waals surface area contributed by atoms with E-state index in [2.05, 4.69) is 25.9 Å². The summed E-state index contributed by atoms with van der Waals surface area (Å²) in [5.74, 6) is -0.258. The highest BCUT2D eigenvalue weighted by atomic mass is 16.2. The number of benzene rings is 1. The van der Waals surface area contributed by atoms with Crippen LogP contribution in [0.3, 0.4) is 0 Å². The molecule has 1 unspecified atom stereocenters. The van der Waals surface area contributed by atoms with Gasteiger partial charge in [0.15, 0.2) is 0 Å². The summed E-state index contributed by atoms with van der Waals surface area (Å²) >= 11 is 0. The molecule has 1 amide bonds. The number of fused-ring (bicyclic) bond motifs is 1. The van der Waals surface area contributed by atoms with Crippen molar-refractivity contribution >= 4 is 11.6 Å². The normalized spacial score (nSPS) is 17.8. The van der Waals surface area contributed by atoms with Crippen LogP contribution < -0.4 is 11.1 Å². The summed E-state index contributed by atoms with van der Waals surface area (Å²) in [6.45, 7) is 0. The van der Waals surface area contributed by atoms with Crippen LogP contribution in [0.15, 0.2) is 18.2 Å². The molecule has 0 saturated carbocycles. The van der Waals surface area contributed by atoms with Gasteiger partial charge in [0.05, 0.1) is 6.04 Å². The van der Waals surface area contributed by atoms with Gasteiger partial charge in [-0.05, 0) is 47.7 Å². The van der Waals surface area contributed by atoms with Crippen LogP contribution in [0.4, 0.5) is 5.69 Å². The highest BCUT2D eigenvalue weighted by Crippen LogP contribution is 2.30. The fraction of sp³-hybridized carbons (Fsp3) is 0.333. The Morgan fingerprint density at radius 3 is 3.16 bits per heavy atom. The molecule has 98 valence electrons. The smallest absolute Gasteiger partial charge is 0.293 e. The number of aromatic nitrogens is 4. The van der Waals surface area contributed by atoms with Gasteiger partial charge >= 0.3 is 0 Å². The summed E-state index contributed by atoms with van der Waals surface area (Å²) in [7, 11) is 0. The molecule has 0 bridgehead atoms. The molecule has 1 aromatic carbocycles. The third kappa shape index (κ3) is 2.26. The first kappa shape index (κ1) is 11.6. The van der Waals surface area contributed by atoms with Crippen LogP contribution in [-0.4, -0.2) is 26.5 Å². The number of amides is 1. The first-order chi connectivity index (χ1) is 9.24. The number of H-pyrrole nitrogens is 1. The van der Waals surface area contributed by atoms with E-state index in [9.17, 15) is 4.79 Å². The van der Waals surface area contributed by atoms with Crippen molar-refractivity contribution in [1.29, 1.82) is 0 Å². The Hall–Kier alpha value is -2.44. The first-order valence-corrected chi connectivity index (χ1v) is 6.16. The number of rotatable bonds is 2. The van der Waals surface area contributed by atoms with E-state index in [1.54, 1.807) is 0 Å². The van der Waals surface area contributed by atoms with Crippen LogP contribution >= 0.6 is 0 Å². The van der Waals surface area contributed by atoms with Crippen molar-refractivity contribution in [3.05, 3.63) is 35.2 Å². The standard InChI is InChI=1S/C12H14N6O/c13-8-4-5-9-7(6-8)2-1-3-10(9)14-12(19)11-15-17-18-16-11/h4-6,10H,1-3,13H2,(H,14,19)(H,15,16,17,18). The zero-order valence-corrected chi connectivity index (χ0v) is 10.3. The Balaban J connectivity index is 1.82. The van der Waals surface area contributed by atoms with Crippen LogP contribution in [0, 0.1) is 0 Å². The molecule has 2 aromatic rings. The summed E-state index contributed by atoms with van der Waals surface area (Å²) in [5, 5.41) is 15.9. The molecule has 0 spiro atoms. The average Bonchev–Trinajstić information content (AvgIpc) is 2.92. The number of hydrogen-bond acceptors (Lipinski definition) is 5. The van der Waals surface area contributed by atoms with Crippen LogP contribution in [0.1, 0.15) is 40.6 Å². The molecule has 7 heteroatoms. The number of anilines is 1. The van der Waals surface area contributed by atoms with E-state index < -0.39 is 0 Å². The molecule has 3 rings (SSSR count). The molecule has 0 radical (unpaired) electrons. The summed E-state index contributed by atoms with van der Waals surface area (Å²) < 4.78 is 0. The zero-order chi connectivity index (χ0) is 13.2. The van der Waals surface area contributed by atoms with Gasteiger partial charge in [-0.2, -0.15) is 5.21 Å². The number of aryl methyl sites for hydroxylation is 1. The lowest BCUT2D eigenvalue weighted by atomic mass is 9.87. The second-order valence-corrected chi connectivity index (χ2v) is 4.61. The van der Waals surface area contributed by atoms with Gasteiger partial charge in [0.2, 0.25) is 0 Å². The van der Waals surface area contributed by atoms with Crippen LogP contribution in [-0.2, 0) is 6.42 Å². The van der Waals surface area contributed by atoms with Crippen molar-refractivity contribution in [2.45, 2.75) is 25.3 Å². The number of nitrogens with zero attached hydrogens (tertiary/aromatic N) is 3. The van der Waals surface area contributed by atoms with Crippen molar-refractivity contribution in [2.75, 3.05) is 5.73 Å². The molecule has 0 fully saturated rings. The molecule has 1 heterocycles. The van der Waals surface area contributed by atoms with Gasteiger partial charge in [-0.25, -0.2) is 0 Å². The van der Waals surface area contributed by atoms with Crippen molar-refractivity contribution in [2.24, 2.45) is 0 Å². The van der Waals surface area contributed by atoms with Gasteiger partial charge in [-0.1, -0.05) is 6.07 Å². The van der Waals surface area contributed by atoms with E-state index in [0.29, 0.717) is 0 Å². The van der Waals surface area contributed by atoms with Gasteiger partial charge in [0.1, 0.15) is 0 Å². The minimum absolute atomic E-state index is 0.0182. The lowest BCUT2D eigenvalue weighted by Gasteiger charge is -2.26. The largest absolute Gasteiger partial charge is 0.399 e. The van der Waals surface area contributed by atoms with Crippen molar-refractivity contribution in [1.82, 2.24) is 25.9 Å². The van der Waals surface area contributed by atoms with Gasteiger partial charge in [0, 0.05) is 5.69 Å².